The Labute approximate surface area is 96.0 Å². The lowest BCUT2D eigenvalue weighted by Crippen LogP contribution is -2.27. The second-order valence-corrected chi connectivity index (χ2v) is 4.61. The molecule has 4 heteroatoms. The standard InChI is InChI=1S/C11H11BrFNO/c12-9-6-7(1-3-10(9)13)5-8-2-4-11(15)14-8/h1,3,6,8H,2,4-5H2,(H,14,15). The van der Waals surface area contributed by atoms with E-state index in [9.17, 15) is 9.18 Å². The van der Waals surface area contributed by atoms with E-state index in [2.05, 4.69) is 21.2 Å². The molecule has 0 saturated carbocycles. The van der Waals surface area contributed by atoms with Crippen LogP contribution in [0.15, 0.2) is 22.7 Å². The second kappa shape index (κ2) is 4.31. The van der Waals surface area contributed by atoms with Gasteiger partial charge in [0.2, 0.25) is 5.91 Å². The fourth-order valence-corrected chi connectivity index (χ4v) is 2.21. The van der Waals surface area contributed by atoms with Crippen molar-refractivity contribution in [2.24, 2.45) is 0 Å². The maximum Gasteiger partial charge on any atom is 0.220 e. The van der Waals surface area contributed by atoms with Crippen LogP contribution < -0.4 is 5.32 Å². The number of hydrogen-bond acceptors (Lipinski definition) is 1. The van der Waals surface area contributed by atoms with Crippen LogP contribution >= 0.6 is 15.9 Å². The van der Waals surface area contributed by atoms with Crippen molar-refractivity contribution in [3.05, 3.63) is 34.1 Å². The van der Waals surface area contributed by atoms with Crippen molar-refractivity contribution in [3.8, 4) is 0 Å². The Kier molecular flexibility index (Phi) is 3.05. The molecule has 1 aliphatic heterocycles. The molecule has 80 valence electrons. The highest BCUT2D eigenvalue weighted by molar-refractivity contribution is 9.10. The van der Waals surface area contributed by atoms with Gasteiger partial charge in [-0.25, -0.2) is 4.39 Å². The molecule has 0 radical (unpaired) electrons. The topological polar surface area (TPSA) is 29.1 Å². The van der Waals surface area contributed by atoms with Crippen molar-refractivity contribution in [3.63, 3.8) is 0 Å². The van der Waals surface area contributed by atoms with Crippen molar-refractivity contribution in [2.45, 2.75) is 25.3 Å². The molecule has 2 rings (SSSR count). The molecule has 1 unspecified atom stereocenters. The molecule has 15 heavy (non-hydrogen) atoms. The second-order valence-electron chi connectivity index (χ2n) is 3.76. The summed E-state index contributed by atoms with van der Waals surface area (Å²) < 4.78 is 13.4. The quantitative estimate of drug-likeness (QED) is 0.880. The summed E-state index contributed by atoms with van der Waals surface area (Å²) in [6.45, 7) is 0. The van der Waals surface area contributed by atoms with Gasteiger partial charge in [-0.15, -0.1) is 0 Å². The molecular formula is C11H11BrFNO. The number of carbonyl (C=O) groups excluding carboxylic acids is 1. The highest BCUT2D eigenvalue weighted by Crippen LogP contribution is 2.19. The van der Waals surface area contributed by atoms with Gasteiger partial charge in [-0.05, 0) is 46.5 Å². The van der Waals surface area contributed by atoms with Gasteiger partial charge >= 0.3 is 0 Å². The fourth-order valence-electron chi connectivity index (χ4n) is 1.78. The van der Waals surface area contributed by atoms with E-state index in [0.29, 0.717) is 10.9 Å². The number of amides is 1. The van der Waals surface area contributed by atoms with Gasteiger partial charge in [0.15, 0.2) is 0 Å². The monoisotopic (exact) mass is 271 g/mol. The first kappa shape index (κ1) is 10.6. The zero-order valence-electron chi connectivity index (χ0n) is 8.09. The van der Waals surface area contributed by atoms with Crippen molar-refractivity contribution in [2.75, 3.05) is 0 Å². The van der Waals surface area contributed by atoms with Crippen LogP contribution in [-0.2, 0) is 11.2 Å². The third-order valence-corrected chi connectivity index (χ3v) is 3.16. The molecule has 1 saturated heterocycles. The minimum Gasteiger partial charge on any atom is -0.353 e. The molecule has 0 bridgehead atoms. The van der Waals surface area contributed by atoms with Crippen LogP contribution in [0.1, 0.15) is 18.4 Å². The predicted octanol–water partition coefficient (Wildman–Crippen LogP) is 2.41. The van der Waals surface area contributed by atoms with E-state index in [1.807, 2.05) is 0 Å². The highest BCUT2D eigenvalue weighted by atomic mass is 79.9. The van der Waals surface area contributed by atoms with Crippen molar-refractivity contribution in [1.82, 2.24) is 5.32 Å². The molecule has 2 nitrogen and oxygen atoms in total. The maximum atomic E-state index is 13.0. The average molecular weight is 272 g/mol. The van der Waals surface area contributed by atoms with Gasteiger partial charge in [-0.1, -0.05) is 6.07 Å². The van der Waals surface area contributed by atoms with Crippen LogP contribution in [0.2, 0.25) is 0 Å². The normalized spacial score (nSPS) is 20.4. The summed E-state index contributed by atoms with van der Waals surface area (Å²) in [6.07, 6.45) is 2.24. The first-order valence-electron chi connectivity index (χ1n) is 4.88. The van der Waals surface area contributed by atoms with Crippen molar-refractivity contribution in [1.29, 1.82) is 0 Å². The minimum atomic E-state index is -0.255. The van der Waals surface area contributed by atoms with Gasteiger partial charge < -0.3 is 5.32 Å². The number of benzene rings is 1. The summed E-state index contributed by atoms with van der Waals surface area (Å²) in [5, 5.41) is 2.89. The third kappa shape index (κ3) is 2.56. The summed E-state index contributed by atoms with van der Waals surface area (Å²) in [5.41, 5.74) is 1.04. The summed E-state index contributed by atoms with van der Waals surface area (Å²) in [5.74, 6) is -0.143. The zero-order chi connectivity index (χ0) is 10.8. The number of halogens is 2. The maximum absolute atomic E-state index is 13.0. The van der Waals surface area contributed by atoms with Gasteiger partial charge in [0.1, 0.15) is 5.82 Å². The molecule has 1 amide bonds. The summed E-state index contributed by atoms with van der Waals surface area (Å²) in [7, 11) is 0. The van der Waals surface area contributed by atoms with Crippen LogP contribution in [0, 0.1) is 5.82 Å². The first-order valence-corrected chi connectivity index (χ1v) is 5.68. The summed E-state index contributed by atoms with van der Waals surface area (Å²) in [6, 6.07) is 5.16. The molecule has 1 N–H and O–H groups in total. The zero-order valence-corrected chi connectivity index (χ0v) is 9.68. The summed E-state index contributed by atoms with van der Waals surface area (Å²) >= 11 is 3.14. The van der Waals surface area contributed by atoms with Crippen LogP contribution in [0.4, 0.5) is 4.39 Å². The Bertz CT molecular complexity index is 394. The number of carbonyl (C=O) groups is 1. The minimum absolute atomic E-state index is 0.112. The van der Waals surface area contributed by atoms with E-state index in [-0.39, 0.29) is 17.8 Å². The van der Waals surface area contributed by atoms with Gasteiger partial charge in [-0.2, -0.15) is 0 Å². The van der Waals surface area contributed by atoms with Gasteiger partial charge in [0, 0.05) is 12.5 Å². The van der Waals surface area contributed by atoms with E-state index in [1.165, 1.54) is 6.07 Å². The molecule has 1 aliphatic rings. The van der Waals surface area contributed by atoms with Gasteiger partial charge in [0.05, 0.1) is 4.47 Å². The SMILES string of the molecule is O=C1CCC(Cc2ccc(F)c(Br)c2)N1. The van der Waals surface area contributed by atoms with Crippen LogP contribution in [0.25, 0.3) is 0 Å². The smallest absolute Gasteiger partial charge is 0.220 e. The number of nitrogens with one attached hydrogen (secondary N) is 1. The molecule has 1 aromatic carbocycles. The largest absolute Gasteiger partial charge is 0.353 e. The van der Waals surface area contributed by atoms with E-state index in [4.69, 9.17) is 0 Å². The average Bonchev–Trinajstić information content (AvgIpc) is 2.58. The third-order valence-electron chi connectivity index (χ3n) is 2.55. The van der Waals surface area contributed by atoms with E-state index in [1.54, 1.807) is 12.1 Å². The van der Waals surface area contributed by atoms with Crippen LogP contribution in [-0.4, -0.2) is 11.9 Å². The van der Waals surface area contributed by atoms with Crippen molar-refractivity contribution >= 4 is 21.8 Å². The fraction of sp³-hybridized carbons (Fsp3) is 0.364. The molecule has 0 spiro atoms. The van der Waals surface area contributed by atoms with Crippen molar-refractivity contribution < 1.29 is 9.18 Å². The van der Waals surface area contributed by atoms with E-state index in [0.717, 1.165) is 18.4 Å². The Balaban J connectivity index is 2.05. The predicted molar refractivity (Wildman–Crippen MR) is 59.0 cm³/mol. The Morgan fingerprint density at radius 3 is 2.93 bits per heavy atom. The molecule has 1 atom stereocenters. The Morgan fingerprint density at radius 1 is 1.53 bits per heavy atom. The molecule has 0 aliphatic carbocycles. The highest BCUT2D eigenvalue weighted by Gasteiger charge is 2.20. The molecule has 0 aromatic heterocycles. The van der Waals surface area contributed by atoms with Gasteiger partial charge in [-0.3, -0.25) is 4.79 Å². The molecule has 1 heterocycles. The van der Waals surface area contributed by atoms with Crippen LogP contribution in [0.3, 0.4) is 0 Å². The lowest BCUT2D eigenvalue weighted by molar-refractivity contribution is -0.119. The van der Waals surface area contributed by atoms with E-state index < -0.39 is 0 Å². The lowest BCUT2D eigenvalue weighted by Gasteiger charge is -2.10. The van der Waals surface area contributed by atoms with Gasteiger partial charge in [0.25, 0.3) is 0 Å². The number of hydrogen-bond donors (Lipinski definition) is 1. The Morgan fingerprint density at radius 2 is 2.33 bits per heavy atom. The molecule has 1 aromatic rings. The lowest BCUT2D eigenvalue weighted by atomic mass is 10.0. The molecule has 1 fully saturated rings. The number of rotatable bonds is 2. The van der Waals surface area contributed by atoms with Crippen LogP contribution in [0.5, 0.6) is 0 Å². The first-order chi connectivity index (χ1) is 7.15. The molecular weight excluding hydrogens is 261 g/mol. The summed E-state index contributed by atoms with van der Waals surface area (Å²) in [4.78, 5) is 11.0. The van der Waals surface area contributed by atoms with E-state index >= 15 is 0 Å². The Hall–Kier alpha value is -0.900.